The molecule has 3 rings (SSSR count). The number of sulfonamides is 1. The van der Waals surface area contributed by atoms with Gasteiger partial charge in [-0.1, -0.05) is 18.2 Å². The molecule has 0 saturated carbocycles. The van der Waals surface area contributed by atoms with Crippen LogP contribution in [0.15, 0.2) is 42.6 Å². The van der Waals surface area contributed by atoms with Gasteiger partial charge in [0.05, 0.1) is 12.3 Å². The number of halogens is 1. The van der Waals surface area contributed by atoms with E-state index < -0.39 is 16.0 Å². The summed E-state index contributed by atoms with van der Waals surface area (Å²) in [4.78, 5) is 3.52. The number of aromatic nitrogens is 1. The number of nitrogens with zero attached hydrogens (tertiary/aromatic N) is 2. The maximum absolute atomic E-state index is 13.4. The number of hydrogen-bond acceptors (Lipinski definition) is 4. The first-order valence-corrected chi connectivity index (χ1v) is 9.94. The molecule has 0 atom stereocenters. The minimum atomic E-state index is -3.49. The molecule has 126 valence electrons. The van der Waals surface area contributed by atoms with Gasteiger partial charge in [-0.15, -0.1) is 11.3 Å². The zero-order valence-corrected chi connectivity index (χ0v) is 15.0. The normalized spacial score (nSPS) is 11.8. The van der Waals surface area contributed by atoms with Crippen molar-refractivity contribution in [3.63, 3.8) is 0 Å². The standard InChI is InChI=1S/C17H17FN2O2S2/c1-3-24(21,22)20(11-13-8-9-19-16(18)10-13)17-12(2)14-6-4-5-7-15(14)23-17/h4-10H,3,11H2,1-2H3. The van der Waals surface area contributed by atoms with Crippen LogP contribution in [0, 0.1) is 12.9 Å². The first-order valence-electron chi connectivity index (χ1n) is 7.51. The molecule has 0 unspecified atom stereocenters. The molecule has 0 fully saturated rings. The predicted molar refractivity (Wildman–Crippen MR) is 96.4 cm³/mol. The van der Waals surface area contributed by atoms with Gasteiger partial charge in [-0.05, 0) is 48.6 Å². The Balaban J connectivity index is 2.12. The highest BCUT2D eigenvalue weighted by Gasteiger charge is 2.25. The number of fused-ring (bicyclic) bond motifs is 1. The molecular weight excluding hydrogens is 347 g/mol. The highest BCUT2D eigenvalue weighted by atomic mass is 32.2. The number of pyridine rings is 1. The van der Waals surface area contributed by atoms with Gasteiger partial charge in [0, 0.05) is 10.9 Å². The molecule has 2 aromatic heterocycles. The van der Waals surface area contributed by atoms with Crippen molar-refractivity contribution < 1.29 is 12.8 Å². The van der Waals surface area contributed by atoms with E-state index in [0.29, 0.717) is 10.6 Å². The Labute approximate surface area is 144 Å². The fourth-order valence-electron chi connectivity index (χ4n) is 2.56. The lowest BCUT2D eigenvalue weighted by Gasteiger charge is -2.23. The summed E-state index contributed by atoms with van der Waals surface area (Å²) >= 11 is 1.44. The SMILES string of the molecule is CCS(=O)(=O)N(Cc1ccnc(F)c1)c1sc2ccccc2c1C. The summed E-state index contributed by atoms with van der Waals surface area (Å²) in [5, 5.41) is 1.71. The monoisotopic (exact) mass is 364 g/mol. The first kappa shape index (κ1) is 16.9. The van der Waals surface area contributed by atoms with Crippen molar-refractivity contribution in [3.05, 3.63) is 59.7 Å². The van der Waals surface area contributed by atoms with Crippen LogP contribution in [0.25, 0.3) is 10.1 Å². The van der Waals surface area contributed by atoms with Gasteiger partial charge in [-0.25, -0.2) is 13.4 Å². The van der Waals surface area contributed by atoms with E-state index in [0.717, 1.165) is 15.6 Å². The smallest absolute Gasteiger partial charge is 0.235 e. The molecule has 0 spiro atoms. The summed E-state index contributed by atoms with van der Waals surface area (Å²) in [6.07, 6.45) is 1.35. The van der Waals surface area contributed by atoms with Gasteiger partial charge in [0.15, 0.2) is 0 Å². The molecule has 0 radical (unpaired) electrons. The number of rotatable bonds is 5. The van der Waals surface area contributed by atoms with Crippen LogP contribution in [-0.4, -0.2) is 19.2 Å². The van der Waals surface area contributed by atoms with Crippen molar-refractivity contribution in [2.45, 2.75) is 20.4 Å². The van der Waals surface area contributed by atoms with E-state index in [1.807, 2.05) is 31.2 Å². The lowest BCUT2D eigenvalue weighted by atomic mass is 10.2. The summed E-state index contributed by atoms with van der Waals surface area (Å²) < 4.78 is 41.1. The molecule has 7 heteroatoms. The number of hydrogen-bond donors (Lipinski definition) is 0. The molecule has 0 aliphatic rings. The Morgan fingerprint density at radius 1 is 1.25 bits per heavy atom. The molecule has 2 heterocycles. The second kappa shape index (κ2) is 6.49. The number of benzene rings is 1. The quantitative estimate of drug-likeness (QED) is 0.641. The van der Waals surface area contributed by atoms with Gasteiger partial charge >= 0.3 is 0 Å². The highest BCUT2D eigenvalue weighted by Crippen LogP contribution is 2.39. The number of anilines is 1. The third kappa shape index (κ3) is 3.14. The Bertz CT molecular complexity index is 983. The van der Waals surface area contributed by atoms with Crippen LogP contribution in [0.4, 0.5) is 9.39 Å². The Hall–Kier alpha value is -1.99. The van der Waals surface area contributed by atoms with Crippen LogP contribution in [0.5, 0.6) is 0 Å². The number of thiophene rings is 1. The average molecular weight is 364 g/mol. The van der Waals surface area contributed by atoms with E-state index >= 15 is 0 Å². The van der Waals surface area contributed by atoms with Crippen LogP contribution in [0.1, 0.15) is 18.1 Å². The topological polar surface area (TPSA) is 50.3 Å². The summed E-state index contributed by atoms with van der Waals surface area (Å²) in [7, 11) is -3.49. The third-order valence-corrected chi connectivity index (χ3v) is 6.99. The molecule has 3 aromatic rings. The zero-order valence-electron chi connectivity index (χ0n) is 13.4. The van der Waals surface area contributed by atoms with Crippen molar-refractivity contribution in [1.82, 2.24) is 4.98 Å². The van der Waals surface area contributed by atoms with Crippen molar-refractivity contribution in [2.75, 3.05) is 10.1 Å². The van der Waals surface area contributed by atoms with Gasteiger partial charge < -0.3 is 0 Å². The lowest BCUT2D eigenvalue weighted by molar-refractivity contribution is 0.579. The molecule has 0 N–H and O–H groups in total. The summed E-state index contributed by atoms with van der Waals surface area (Å²) in [6.45, 7) is 3.61. The Morgan fingerprint density at radius 2 is 2.00 bits per heavy atom. The summed E-state index contributed by atoms with van der Waals surface area (Å²) in [6, 6.07) is 10.7. The van der Waals surface area contributed by atoms with Crippen molar-refractivity contribution in [3.8, 4) is 0 Å². The third-order valence-electron chi connectivity index (χ3n) is 3.86. The fourth-order valence-corrected chi connectivity index (χ4v) is 5.17. The molecular formula is C17H17FN2O2S2. The highest BCUT2D eigenvalue weighted by molar-refractivity contribution is 7.92. The van der Waals surface area contributed by atoms with E-state index in [-0.39, 0.29) is 12.3 Å². The predicted octanol–water partition coefficient (Wildman–Crippen LogP) is 4.10. The van der Waals surface area contributed by atoms with Crippen molar-refractivity contribution in [2.24, 2.45) is 0 Å². The number of aryl methyl sites for hydroxylation is 1. The van der Waals surface area contributed by atoms with Gasteiger partial charge in [0.25, 0.3) is 0 Å². The maximum Gasteiger partial charge on any atom is 0.235 e. The second-order valence-electron chi connectivity index (χ2n) is 5.42. The van der Waals surface area contributed by atoms with E-state index in [1.165, 1.54) is 27.9 Å². The van der Waals surface area contributed by atoms with Gasteiger partial charge in [-0.3, -0.25) is 4.31 Å². The lowest BCUT2D eigenvalue weighted by Crippen LogP contribution is -2.31. The molecule has 0 aliphatic carbocycles. The Kier molecular flexibility index (Phi) is 4.56. The molecule has 0 saturated heterocycles. The zero-order chi connectivity index (χ0) is 17.3. The fraction of sp³-hybridized carbons (Fsp3) is 0.235. The molecule has 0 bridgehead atoms. The van der Waals surface area contributed by atoms with Crippen molar-refractivity contribution in [1.29, 1.82) is 0 Å². The van der Waals surface area contributed by atoms with E-state index in [4.69, 9.17) is 0 Å². The molecule has 4 nitrogen and oxygen atoms in total. The van der Waals surface area contributed by atoms with E-state index in [2.05, 4.69) is 4.98 Å². The Morgan fingerprint density at radius 3 is 2.67 bits per heavy atom. The van der Waals surface area contributed by atoms with Crippen molar-refractivity contribution >= 4 is 36.4 Å². The molecule has 0 aliphatic heterocycles. The average Bonchev–Trinajstić information content (AvgIpc) is 2.89. The maximum atomic E-state index is 13.4. The van der Waals surface area contributed by atoms with Crippen LogP contribution < -0.4 is 4.31 Å². The van der Waals surface area contributed by atoms with Gasteiger partial charge in [0.2, 0.25) is 16.0 Å². The first-order chi connectivity index (χ1) is 11.4. The minimum absolute atomic E-state index is 0.0196. The van der Waals surface area contributed by atoms with Crippen LogP contribution in [-0.2, 0) is 16.6 Å². The minimum Gasteiger partial charge on any atom is -0.256 e. The van der Waals surface area contributed by atoms with Crippen LogP contribution >= 0.6 is 11.3 Å². The molecule has 0 amide bonds. The second-order valence-corrected chi connectivity index (χ2v) is 8.63. The molecule has 24 heavy (non-hydrogen) atoms. The van der Waals surface area contributed by atoms with Gasteiger partial charge in [0.1, 0.15) is 5.00 Å². The van der Waals surface area contributed by atoms with Gasteiger partial charge in [-0.2, -0.15) is 4.39 Å². The molecule has 1 aromatic carbocycles. The van der Waals surface area contributed by atoms with Crippen LogP contribution in [0.3, 0.4) is 0 Å². The largest absolute Gasteiger partial charge is 0.256 e. The van der Waals surface area contributed by atoms with Crippen LogP contribution in [0.2, 0.25) is 0 Å². The summed E-state index contributed by atoms with van der Waals surface area (Å²) in [5.41, 5.74) is 1.48. The van der Waals surface area contributed by atoms with E-state index in [1.54, 1.807) is 13.0 Å². The summed E-state index contributed by atoms with van der Waals surface area (Å²) in [5.74, 6) is -0.636. The van der Waals surface area contributed by atoms with E-state index in [9.17, 15) is 12.8 Å².